The zero-order valence-corrected chi connectivity index (χ0v) is 12.0. The molecule has 0 aliphatic carbocycles. The summed E-state index contributed by atoms with van der Waals surface area (Å²) in [5, 5.41) is 9.74. The minimum atomic E-state index is -0.590. The zero-order valence-electron chi connectivity index (χ0n) is 12.0. The number of aromatic hydroxyl groups is 1. The van der Waals surface area contributed by atoms with Crippen molar-refractivity contribution in [1.82, 2.24) is 0 Å². The number of aryl methyl sites for hydroxylation is 2. The highest BCUT2D eigenvalue weighted by atomic mass is 16.6. The predicted molar refractivity (Wildman–Crippen MR) is 73.3 cm³/mol. The highest BCUT2D eigenvalue weighted by Crippen LogP contribution is 2.24. The van der Waals surface area contributed by atoms with Crippen molar-refractivity contribution in [1.29, 1.82) is 0 Å². The van der Waals surface area contributed by atoms with E-state index in [-0.39, 0.29) is 5.97 Å². The van der Waals surface area contributed by atoms with Crippen LogP contribution in [0.1, 0.15) is 30.5 Å². The van der Waals surface area contributed by atoms with E-state index in [4.69, 9.17) is 9.47 Å². The Kier molecular flexibility index (Phi) is 5.83. The number of benzene rings is 1. The summed E-state index contributed by atoms with van der Waals surface area (Å²) >= 11 is 0. The lowest BCUT2D eigenvalue weighted by molar-refractivity contribution is -0.156. The Morgan fingerprint density at radius 2 is 1.79 bits per heavy atom. The molecule has 0 amide bonds. The summed E-state index contributed by atoms with van der Waals surface area (Å²) < 4.78 is 10.4. The number of rotatable bonds is 6. The van der Waals surface area contributed by atoms with Crippen molar-refractivity contribution < 1.29 is 19.4 Å². The Morgan fingerprint density at radius 3 is 2.26 bits per heavy atom. The first-order valence-corrected chi connectivity index (χ1v) is 6.56. The summed E-state index contributed by atoms with van der Waals surface area (Å²) in [5.74, 6) is -0.0411. The number of carbonyl (C=O) groups excluding carboxylic acids is 1. The van der Waals surface area contributed by atoms with Crippen molar-refractivity contribution in [3.05, 3.63) is 28.8 Å². The first-order chi connectivity index (χ1) is 8.99. The average Bonchev–Trinajstić information content (AvgIpc) is 2.35. The van der Waals surface area contributed by atoms with Crippen LogP contribution in [0.3, 0.4) is 0 Å². The Bertz CT molecular complexity index is 417. The number of hydrogen-bond acceptors (Lipinski definition) is 4. The van der Waals surface area contributed by atoms with Gasteiger partial charge in [-0.05, 0) is 44.4 Å². The lowest BCUT2D eigenvalue weighted by Crippen LogP contribution is -2.29. The van der Waals surface area contributed by atoms with Gasteiger partial charge in [0.05, 0.1) is 6.61 Å². The van der Waals surface area contributed by atoms with Crippen LogP contribution < -0.4 is 0 Å². The molecule has 4 nitrogen and oxygen atoms in total. The lowest BCUT2D eigenvalue weighted by atomic mass is 10.0. The van der Waals surface area contributed by atoms with Gasteiger partial charge in [0.15, 0.2) is 6.10 Å². The molecule has 0 spiro atoms. The fraction of sp³-hybridized carbons (Fsp3) is 0.533. The molecule has 1 aromatic rings. The number of hydrogen-bond donors (Lipinski definition) is 1. The summed E-state index contributed by atoms with van der Waals surface area (Å²) in [6.45, 7) is 8.10. The summed E-state index contributed by atoms with van der Waals surface area (Å²) in [5.41, 5.74) is 2.56. The van der Waals surface area contributed by atoms with Crippen molar-refractivity contribution in [2.75, 3.05) is 13.2 Å². The van der Waals surface area contributed by atoms with E-state index in [1.54, 1.807) is 6.92 Å². The van der Waals surface area contributed by atoms with Crippen LogP contribution in [0.15, 0.2) is 12.1 Å². The molecule has 1 rings (SSSR count). The van der Waals surface area contributed by atoms with E-state index >= 15 is 0 Å². The molecule has 0 aromatic heterocycles. The van der Waals surface area contributed by atoms with Gasteiger partial charge in [-0.15, -0.1) is 0 Å². The number of ether oxygens (including phenoxy) is 2. The van der Waals surface area contributed by atoms with Gasteiger partial charge in [-0.2, -0.15) is 0 Å². The Hall–Kier alpha value is -1.55. The molecule has 1 N–H and O–H groups in total. The van der Waals surface area contributed by atoms with Gasteiger partial charge in [0, 0.05) is 13.0 Å². The van der Waals surface area contributed by atoms with E-state index in [0.29, 0.717) is 25.4 Å². The molecule has 0 aliphatic heterocycles. The third kappa shape index (κ3) is 4.24. The summed E-state index contributed by atoms with van der Waals surface area (Å²) in [6.07, 6.45) is -0.137. The van der Waals surface area contributed by atoms with Crippen molar-refractivity contribution in [3.8, 4) is 5.75 Å². The molecule has 0 saturated carbocycles. The van der Waals surface area contributed by atoms with Gasteiger partial charge in [-0.1, -0.05) is 12.1 Å². The number of carbonyl (C=O) groups is 1. The first-order valence-electron chi connectivity index (χ1n) is 6.56. The number of esters is 1. The van der Waals surface area contributed by atoms with E-state index in [1.165, 1.54) is 0 Å². The molecule has 0 heterocycles. The van der Waals surface area contributed by atoms with Gasteiger partial charge in [-0.3, -0.25) is 0 Å². The van der Waals surface area contributed by atoms with E-state index < -0.39 is 6.10 Å². The molecular weight excluding hydrogens is 244 g/mol. The first kappa shape index (κ1) is 15.5. The largest absolute Gasteiger partial charge is 0.507 e. The fourth-order valence-electron chi connectivity index (χ4n) is 2.02. The van der Waals surface area contributed by atoms with E-state index in [2.05, 4.69) is 0 Å². The van der Waals surface area contributed by atoms with Crippen molar-refractivity contribution in [2.24, 2.45) is 0 Å². The Labute approximate surface area is 114 Å². The van der Waals surface area contributed by atoms with Gasteiger partial charge in [0.2, 0.25) is 0 Å². The molecule has 0 unspecified atom stereocenters. The van der Waals surface area contributed by atoms with Crippen LogP contribution in [0.2, 0.25) is 0 Å². The molecule has 0 saturated heterocycles. The second kappa shape index (κ2) is 7.14. The van der Waals surface area contributed by atoms with Gasteiger partial charge < -0.3 is 14.6 Å². The molecule has 1 atom stereocenters. The SMILES string of the molecule is CCOC(=O)[C@H](Cc1cc(C)c(O)c(C)c1)OCC. The Balaban J connectivity index is 2.87. The maximum atomic E-state index is 11.8. The highest BCUT2D eigenvalue weighted by Gasteiger charge is 2.21. The maximum Gasteiger partial charge on any atom is 0.335 e. The molecule has 19 heavy (non-hydrogen) atoms. The van der Waals surface area contributed by atoms with E-state index in [1.807, 2.05) is 32.9 Å². The van der Waals surface area contributed by atoms with Gasteiger partial charge in [-0.25, -0.2) is 4.79 Å². The molecule has 4 heteroatoms. The third-order valence-electron chi connectivity index (χ3n) is 2.89. The van der Waals surface area contributed by atoms with Crippen LogP contribution in [0.25, 0.3) is 0 Å². The predicted octanol–water partition coefficient (Wildman–Crippen LogP) is 2.52. The summed E-state index contributed by atoms with van der Waals surface area (Å²) in [6, 6.07) is 3.74. The third-order valence-corrected chi connectivity index (χ3v) is 2.89. The second-order valence-corrected chi connectivity index (χ2v) is 4.48. The topological polar surface area (TPSA) is 55.8 Å². The van der Waals surface area contributed by atoms with E-state index in [0.717, 1.165) is 16.7 Å². The monoisotopic (exact) mass is 266 g/mol. The maximum absolute atomic E-state index is 11.8. The quantitative estimate of drug-likeness (QED) is 0.804. The van der Waals surface area contributed by atoms with Crippen LogP contribution in [0.5, 0.6) is 5.75 Å². The van der Waals surface area contributed by atoms with Gasteiger partial charge in [0.25, 0.3) is 0 Å². The van der Waals surface area contributed by atoms with Crippen molar-refractivity contribution in [3.63, 3.8) is 0 Å². The molecule has 1 aromatic carbocycles. The fourth-order valence-corrected chi connectivity index (χ4v) is 2.02. The number of phenolic OH excluding ortho intramolecular Hbond substituents is 1. The standard InChI is InChI=1S/C15H22O4/c1-5-18-13(15(17)19-6-2)9-12-7-10(3)14(16)11(4)8-12/h7-8,13,16H,5-6,9H2,1-4H3/t13-/m0/s1. The molecule has 0 fully saturated rings. The zero-order chi connectivity index (χ0) is 14.4. The minimum Gasteiger partial charge on any atom is -0.507 e. The van der Waals surface area contributed by atoms with Crippen LogP contribution in [-0.2, 0) is 20.7 Å². The van der Waals surface area contributed by atoms with Gasteiger partial charge in [0.1, 0.15) is 5.75 Å². The Morgan fingerprint density at radius 1 is 1.21 bits per heavy atom. The minimum absolute atomic E-state index is 0.299. The molecule has 0 radical (unpaired) electrons. The smallest absolute Gasteiger partial charge is 0.335 e. The highest BCUT2D eigenvalue weighted by molar-refractivity contribution is 5.75. The lowest BCUT2D eigenvalue weighted by Gasteiger charge is -2.16. The normalized spacial score (nSPS) is 12.2. The molecule has 0 bridgehead atoms. The molecule has 106 valence electrons. The second-order valence-electron chi connectivity index (χ2n) is 4.48. The van der Waals surface area contributed by atoms with Crippen LogP contribution in [0.4, 0.5) is 0 Å². The molecular formula is C15H22O4. The van der Waals surface area contributed by atoms with Crippen LogP contribution in [0, 0.1) is 13.8 Å². The van der Waals surface area contributed by atoms with Crippen molar-refractivity contribution >= 4 is 5.97 Å². The molecule has 0 aliphatic rings. The summed E-state index contributed by atoms with van der Waals surface area (Å²) in [7, 11) is 0. The van der Waals surface area contributed by atoms with E-state index in [9.17, 15) is 9.90 Å². The average molecular weight is 266 g/mol. The van der Waals surface area contributed by atoms with Crippen LogP contribution >= 0.6 is 0 Å². The summed E-state index contributed by atoms with van der Waals surface area (Å²) in [4.78, 5) is 11.8. The van der Waals surface area contributed by atoms with Gasteiger partial charge >= 0.3 is 5.97 Å². The van der Waals surface area contributed by atoms with Crippen LogP contribution in [-0.4, -0.2) is 30.4 Å². The van der Waals surface area contributed by atoms with Crippen molar-refractivity contribution in [2.45, 2.75) is 40.2 Å². The number of phenols is 1.